The summed E-state index contributed by atoms with van der Waals surface area (Å²) in [6.45, 7) is 1.98. The second-order valence-corrected chi connectivity index (χ2v) is 7.76. The van der Waals surface area contributed by atoms with Crippen LogP contribution in [0.5, 0.6) is 0 Å². The molecule has 1 aliphatic rings. The molecule has 0 radical (unpaired) electrons. The van der Waals surface area contributed by atoms with E-state index in [1.165, 1.54) is 4.90 Å². The smallest absolute Gasteiger partial charge is 0.326 e. The molecule has 122 valence electrons. The van der Waals surface area contributed by atoms with Crippen LogP contribution >= 0.6 is 35.7 Å². The molecule has 23 heavy (non-hydrogen) atoms. The van der Waals surface area contributed by atoms with Crippen molar-refractivity contribution in [3.8, 4) is 0 Å². The molecular weight excluding hydrogens is 350 g/mol. The van der Waals surface area contributed by atoms with E-state index in [9.17, 15) is 14.7 Å². The molecule has 4 nitrogen and oxygen atoms in total. The number of carbonyl (C=O) groups excluding carboxylic acids is 1. The third kappa shape index (κ3) is 4.37. The first-order valence-corrected chi connectivity index (χ1v) is 9.61. The highest BCUT2D eigenvalue weighted by Crippen LogP contribution is 2.34. The van der Waals surface area contributed by atoms with Gasteiger partial charge in [0, 0.05) is 0 Å². The number of amides is 1. The summed E-state index contributed by atoms with van der Waals surface area (Å²) in [5, 5.41) is 9.42. The van der Waals surface area contributed by atoms with Gasteiger partial charge in [0.2, 0.25) is 0 Å². The molecule has 1 heterocycles. The Bertz CT molecular complexity index is 672. The maximum atomic E-state index is 12.6. The fourth-order valence-corrected chi connectivity index (χ4v) is 4.07. The minimum atomic E-state index is -1.02. The van der Waals surface area contributed by atoms with E-state index in [1.54, 1.807) is 17.8 Å². The summed E-state index contributed by atoms with van der Waals surface area (Å²) in [6.07, 6.45) is 4.04. The molecular formula is C16H17NO3S3. The van der Waals surface area contributed by atoms with Crippen LogP contribution in [-0.2, 0) is 9.59 Å². The quantitative estimate of drug-likeness (QED) is 0.614. The van der Waals surface area contributed by atoms with E-state index in [-0.39, 0.29) is 5.91 Å². The van der Waals surface area contributed by atoms with Gasteiger partial charge in [-0.2, -0.15) is 11.8 Å². The Hall–Kier alpha value is -1.31. The van der Waals surface area contributed by atoms with E-state index in [2.05, 4.69) is 0 Å². The van der Waals surface area contributed by atoms with Gasteiger partial charge in [0.1, 0.15) is 10.4 Å². The van der Waals surface area contributed by atoms with Gasteiger partial charge in [-0.1, -0.05) is 53.8 Å². The molecule has 0 aromatic heterocycles. The molecule has 1 N–H and O–H groups in total. The van der Waals surface area contributed by atoms with Crippen LogP contribution in [0.2, 0.25) is 0 Å². The van der Waals surface area contributed by atoms with Crippen LogP contribution in [0.25, 0.3) is 6.08 Å². The first kappa shape index (κ1) is 18.0. The average Bonchev–Trinajstić information content (AvgIpc) is 2.75. The molecule has 1 amide bonds. The van der Waals surface area contributed by atoms with E-state index in [0.717, 1.165) is 22.9 Å². The zero-order valence-corrected chi connectivity index (χ0v) is 15.3. The Morgan fingerprint density at radius 3 is 2.87 bits per heavy atom. The molecule has 1 atom stereocenters. The van der Waals surface area contributed by atoms with Crippen LogP contribution in [0, 0.1) is 6.92 Å². The van der Waals surface area contributed by atoms with Gasteiger partial charge in [-0.05, 0) is 37.0 Å². The van der Waals surface area contributed by atoms with Crippen molar-refractivity contribution in [2.45, 2.75) is 19.4 Å². The molecule has 1 saturated heterocycles. The van der Waals surface area contributed by atoms with E-state index >= 15 is 0 Å². The number of thiocarbonyl (C=S) groups is 1. The van der Waals surface area contributed by atoms with E-state index in [4.69, 9.17) is 12.2 Å². The molecule has 0 saturated carbocycles. The standard InChI is InChI=1S/C16H17NO3S3/c1-10-4-3-5-11(8-10)9-13-14(18)17(16(21)23-13)12(15(19)20)6-7-22-2/h3-5,8-9,12H,6-7H2,1-2H3,(H,19,20)/b13-9-. The van der Waals surface area contributed by atoms with Crippen molar-refractivity contribution < 1.29 is 14.7 Å². The topological polar surface area (TPSA) is 57.6 Å². The van der Waals surface area contributed by atoms with Crippen molar-refractivity contribution >= 4 is 58.0 Å². The Kier molecular flexibility index (Phi) is 6.26. The summed E-state index contributed by atoms with van der Waals surface area (Å²) in [5.74, 6) is -0.688. The number of carboxylic acids is 1. The fraction of sp³-hybridized carbons (Fsp3) is 0.312. The lowest BCUT2D eigenvalue weighted by Crippen LogP contribution is -2.44. The molecule has 7 heteroatoms. The maximum absolute atomic E-state index is 12.6. The summed E-state index contributed by atoms with van der Waals surface area (Å²) < 4.78 is 0.308. The molecule has 2 rings (SSSR count). The van der Waals surface area contributed by atoms with Gasteiger partial charge < -0.3 is 5.11 Å². The Labute approximate surface area is 149 Å². The normalized spacial score (nSPS) is 17.8. The zero-order valence-electron chi connectivity index (χ0n) is 12.8. The monoisotopic (exact) mass is 367 g/mol. The first-order chi connectivity index (χ1) is 10.9. The zero-order chi connectivity index (χ0) is 17.0. The molecule has 1 unspecified atom stereocenters. The van der Waals surface area contributed by atoms with Crippen molar-refractivity contribution in [1.82, 2.24) is 4.90 Å². The fourth-order valence-electron chi connectivity index (χ4n) is 2.25. The average molecular weight is 368 g/mol. The third-order valence-electron chi connectivity index (χ3n) is 3.36. The highest BCUT2D eigenvalue weighted by atomic mass is 32.2. The SMILES string of the molecule is CSCCC(C(=O)O)N1C(=O)/C(=C/c2cccc(C)c2)SC1=S. The molecule has 0 spiro atoms. The number of aliphatic carboxylic acids is 1. The van der Waals surface area contributed by atoms with E-state index in [1.807, 2.05) is 37.4 Å². The predicted molar refractivity (Wildman–Crippen MR) is 101 cm³/mol. The van der Waals surface area contributed by atoms with Crippen LogP contribution in [0.15, 0.2) is 29.2 Å². The number of carboxylic acid groups (broad SMARTS) is 1. The van der Waals surface area contributed by atoms with Gasteiger partial charge in [-0.25, -0.2) is 4.79 Å². The van der Waals surface area contributed by atoms with Crippen LogP contribution in [0.4, 0.5) is 0 Å². The Balaban J connectivity index is 2.26. The van der Waals surface area contributed by atoms with Crippen molar-refractivity contribution in [3.63, 3.8) is 0 Å². The number of nitrogens with zero attached hydrogens (tertiary/aromatic N) is 1. The number of carbonyl (C=O) groups is 2. The summed E-state index contributed by atoms with van der Waals surface area (Å²) in [6, 6.07) is 6.86. The minimum Gasteiger partial charge on any atom is -0.480 e. The molecule has 0 aliphatic carbocycles. The Morgan fingerprint density at radius 2 is 2.26 bits per heavy atom. The molecule has 0 bridgehead atoms. The van der Waals surface area contributed by atoms with Gasteiger partial charge in [-0.15, -0.1) is 0 Å². The predicted octanol–water partition coefficient (Wildman–Crippen LogP) is 3.40. The lowest BCUT2D eigenvalue weighted by molar-refractivity contribution is -0.145. The van der Waals surface area contributed by atoms with Crippen LogP contribution in [0.1, 0.15) is 17.5 Å². The number of aryl methyl sites for hydroxylation is 1. The van der Waals surface area contributed by atoms with Gasteiger partial charge in [-0.3, -0.25) is 9.69 Å². The summed E-state index contributed by atoms with van der Waals surface area (Å²) in [7, 11) is 0. The summed E-state index contributed by atoms with van der Waals surface area (Å²) in [5.41, 5.74) is 2.00. The number of thioether (sulfide) groups is 2. The van der Waals surface area contributed by atoms with Gasteiger partial charge >= 0.3 is 5.97 Å². The van der Waals surface area contributed by atoms with Crippen LogP contribution in [0.3, 0.4) is 0 Å². The van der Waals surface area contributed by atoms with Crippen molar-refractivity contribution in [1.29, 1.82) is 0 Å². The van der Waals surface area contributed by atoms with Gasteiger partial charge in [0.05, 0.1) is 4.91 Å². The number of rotatable bonds is 6. The summed E-state index contributed by atoms with van der Waals surface area (Å²) >= 11 is 7.95. The van der Waals surface area contributed by atoms with Crippen molar-refractivity contribution in [3.05, 3.63) is 40.3 Å². The molecule has 1 aliphatic heterocycles. The second kappa shape index (κ2) is 7.99. The summed E-state index contributed by atoms with van der Waals surface area (Å²) in [4.78, 5) is 25.8. The van der Waals surface area contributed by atoms with Crippen LogP contribution in [-0.4, -0.2) is 44.3 Å². The largest absolute Gasteiger partial charge is 0.480 e. The first-order valence-electron chi connectivity index (χ1n) is 6.99. The molecule has 1 aromatic rings. The highest BCUT2D eigenvalue weighted by Gasteiger charge is 2.40. The lowest BCUT2D eigenvalue weighted by atomic mass is 10.1. The van der Waals surface area contributed by atoms with E-state index < -0.39 is 12.0 Å². The Morgan fingerprint density at radius 1 is 1.52 bits per heavy atom. The third-order valence-corrected chi connectivity index (χ3v) is 5.33. The molecule has 1 fully saturated rings. The number of benzene rings is 1. The molecule has 1 aromatic carbocycles. The van der Waals surface area contributed by atoms with Crippen molar-refractivity contribution in [2.75, 3.05) is 12.0 Å². The second-order valence-electron chi connectivity index (χ2n) is 5.10. The number of hydrogen-bond acceptors (Lipinski definition) is 5. The highest BCUT2D eigenvalue weighted by molar-refractivity contribution is 8.26. The maximum Gasteiger partial charge on any atom is 0.326 e. The lowest BCUT2D eigenvalue weighted by Gasteiger charge is -2.22. The van der Waals surface area contributed by atoms with Crippen LogP contribution < -0.4 is 0 Å². The van der Waals surface area contributed by atoms with Gasteiger partial charge in [0.25, 0.3) is 5.91 Å². The number of hydrogen-bond donors (Lipinski definition) is 1. The van der Waals surface area contributed by atoms with Gasteiger partial charge in [0.15, 0.2) is 0 Å². The van der Waals surface area contributed by atoms with Crippen molar-refractivity contribution in [2.24, 2.45) is 0 Å². The minimum absolute atomic E-state index is 0.308. The van der Waals surface area contributed by atoms with E-state index in [0.29, 0.717) is 21.4 Å².